The molecule has 1 atom stereocenters. The Labute approximate surface area is 143 Å². The number of halogens is 1. The number of aliphatic hydroxyl groups excluding tert-OH is 1. The van der Waals surface area contributed by atoms with E-state index in [1.165, 1.54) is 11.3 Å². The molecular formula is C18H22ClNO3. The largest absolute Gasteiger partial charge is 0.497 e. The first kappa shape index (κ1) is 17.4. The summed E-state index contributed by atoms with van der Waals surface area (Å²) < 4.78 is 10.7. The van der Waals surface area contributed by atoms with Gasteiger partial charge in [0.25, 0.3) is 0 Å². The highest BCUT2D eigenvalue weighted by Crippen LogP contribution is 2.27. The van der Waals surface area contributed by atoms with Crippen LogP contribution in [0.2, 0.25) is 0 Å². The van der Waals surface area contributed by atoms with Gasteiger partial charge in [-0.05, 0) is 42.3 Å². The number of rotatable bonds is 6. The molecule has 0 radical (unpaired) electrons. The van der Waals surface area contributed by atoms with Crippen molar-refractivity contribution >= 4 is 18.1 Å². The van der Waals surface area contributed by atoms with Crippen molar-refractivity contribution in [3.8, 4) is 11.5 Å². The summed E-state index contributed by atoms with van der Waals surface area (Å²) in [6, 6.07) is 15.7. The first-order valence-electron chi connectivity index (χ1n) is 7.54. The molecule has 0 spiro atoms. The monoisotopic (exact) mass is 335 g/mol. The predicted molar refractivity (Wildman–Crippen MR) is 94.1 cm³/mol. The molecule has 5 heteroatoms. The first-order chi connectivity index (χ1) is 10.8. The van der Waals surface area contributed by atoms with Crippen molar-refractivity contribution in [1.82, 2.24) is 0 Å². The molecule has 23 heavy (non-hydrogen) atoms. The number of para-hydroxylation sites is 1. The smallest absolute Gasteiger partial charge is 0.119 e. The molecule has 2 aromatic carbocycles. The number of nitrogens with zero attached hydrogens (tertiary/aromatic N) is 1. The molecule has 1 heterocycles. The van der Waals surface area contributed by atoms with Gasteiger partial charge in [0.05, 0.1) is 7.11 Å². The number of hydrogen-bond acceptors (Lipinski definition) is 4. The Balaban J connectivity index is 0.00000192. The minimum atomic E-state index is -0.520. The minimum absolute atomic E-state index is 0. The SMILES string of the molecule is COc1ccc(OCC(O)CN2CCc3ccccc32)cc1.Cl. The fraction of sp³-hybridized carbons (Fsp3) is 0.333. The Hall–Kier alpha value is -1.91. The van der Waals surface area contributed by atoms with Crippen molar-refractivity contribution < 1.29 is 14.6 Å². The average Bonchev–Trinajstić information content (AvgIpc) is 2.97. The second-order valence-corrected chi connectivity index (χ2v) is 5.47. The summed E-state index contributed by atoms with van der Waals surface area (Å²) >= 11 is 0. The molecule has 2 aromatic rings. The summed E-state index contributed by atoms with van der Waals surface area (Å²) in [6.45, 7) is 1.83. The molecule has 1 unspecified atom stereocenters. The van der Waals surface area contributed by atoms with Crippen LogP contribution in [0, 0.1) is 0 Å². The zero-order valence-electron chi connectivity index (χ0n) is 13.1. The molecule has 0 aromatic heterocycles. The fourth-order valence-electron chi connectivity index (χ4n) is 2.77. The summed E-state index contributed by atoms with van der Waals surface area (Å²) in [5.74, 6) is 1.53. The van der Waals surface area contributed by atoms with Gasteiger partial charge in [-0.3, -0.25) is 0 Å². The molecular weight excluding hydrogens is 314 g/mol. The number of ether oxygens (including phenoxy) is 2. The van der Waals surface area contributed by atoms with E-state index in [2.05, 4.69) is 23.1 Å². The third kappa shape index (κ3) is 4.30. The predicted octanol–water partition coefficient (Wildman–Crippen LogP) is 2.92. The summed E-state index contributed by atoms with van der Waals surface area (Å²) in [5.41, 5.74) is 2.58. The van der Waals surface area contributed by atoms with Crippen LogP contribution in [0.15, 0.2) is 48.5 Å². The van der Waals surface area contributed by atoms with Gasteiger partial charge < -0.3 is 19.5 Å². The van der Waals surface area contributed by atoms with Crippen LogP contribution in [0.25, 0.3) is 0 Å². The van der Waals surface area contributed by atoms with E-state index in [0.29, 0.717) is 6.54 Å². The van der Waals surface area contributed by atoms with E-state index >= 15 is 0 Å². The van der Waals surface area contributed by atoms with Crippen LogP contribution in [0.5, 0.6) is 11.5 Å². The lowest BCUT2D eigenvalue weighted by atomic mass is 10.2. The molecule has 0 fully saturated rings. The van der Waals surface area contributed by atoms with Crippen molar-refractivity contribution in [3.63, 3.8) is 0 Å². The zero-order chi connectivity index (χ0) is 15.4. The highest BCUT2D eigenvalue weighted by Gasteiger charge is 2.20. The molecule has 1 aliphatic heterocycles. The number of hydrogen-bond donors (Lipinski definition) is 1. The van der Waals surface area contributed by atoms with Crippen LogP contribution >= 0.6 is 12.4 Å². The number of fused-ring (bicyclic) bond motifs is 1. The Morgan fingerprint density at radius 3 is 2.52 bits per heavy atom. The van der Waals surface area contributed by atoms with Crippen LogP contribution in [0.4, 0.5) is 5.69 Å². The lowest BCUT2D eigenvalue weighted by molar-refractivity contribution is 0.112. The quantitative estimate of drug-likeness (QED) is 0.881. The summed E-state index contributed by atoms with van der Waals surface area (Å²) in [5, 5.41) is 10.2. The highest BCUT2D eigenvalue weighted by atomic mass is 35.5. The van der Waals surface area contributed by atoms with Gasteiger partial charge in [-0.1, -0.05) is 18.2 Å². The van der Waals surface area contributed by atoms with Gasteiger partial charge >= 0.3 is 0 Å². The fourth-order valence-corrected chi connectivity index (χ4v) is 2.77. The third-order valence-electron chi connectivity index (χ3n) is 3.92. The van der Waals surface area contributed by atoms with Gasteiger partial charge in [0, 0.05) is 18.8 Å². The third-order valence-corrected chi connectivity index (χ3v) is 3.92. The lowest BCUT2D eigenvalue weighted by Crippen LogP contribution is -2.34. The molecule has 4 nitrogen and oxygen atoms in total. The highest BCUT2D eigenvalue weighted by molar-refractivity contribution is 5.85. The minimum Gasteiger partial charge on any atom is -0.497 e. The lowest BCUT2D eigenvalue weighted by Gasteiger charge is -2.23. The Morgan fingerprint density at radius 2 is 1.78 bits per heavy atom. The van der Waals surface area contributed by atoms with Crippen molar-refractivity contribution in [2.45, 2.75) is 12.5 Å². The van der Waals surface area contributed by atoms with Crippen LogP contribution in [-0.4, -0.2) is 38.0 Å². The van der Waals surface area contributed by atoms with E-state index in [4.69, 9.17) is 9.47 Å². The molecule has 3 rings (SSSR count). The normalized spacial score (nSPS) is 13.9. The Bertz CT molecular complexity index is 618. The standard InChI is InChI=1S/C18H21NO3.ClH/c1-21-16-6-8-17(9-7-16)22-13-15(20)12-19-11-10-14-4-2-3-5-18(14)19;/h2-9,15,20H,10-13H2,1H3;1H. The maximum absolute atomic E-state index is 10.2. The van der Waals surface area contributed by atoms with Gasteiger partial charge in [0.2, 0.25) is 0 Å². The molecule has 1 aliphatic rings. The van der Waals surface area contributed by atoms with Gasteiger partial charge in [-0.25, -0.2) is 0 Å². The second kappa shape index (κ2) is 8.09. The number of methoxy groups -OCH3 is 1. The molecule has 0 amide bonds. The van der Waals surface area contributed by atoms with Gasteiger partial charge in [-0.2, -0.15) is 0 Å². The van der Waals surface area contributed by atoms with Crippen LogP contribution < -0.4 is 14.4 Å². The number of aliphatic hydroxyl groups is 1. The molecule has 1 N–H and O–H groups in total. The Morgan fingerprint density at radius 1 is 1.09 bits per heavy atom. The molecule has 0 saturated heterocycles. The van der Waals surface area contributed by atoms with Crippen molar-refractivity contribution in [2.24, 2.45) is 0 Å². The molecule has 0 aliphatic carbocycles. The van der Waals surface area contributed by atoms with E-state index in [-0.39, 0.29) is 19.0 Å². The zero-order valence-corrected chi connectivity index (χ0v) is 14.0. The summed E-state index contributed by atoms with van der Waals surface area (Å²) in [6.07, 6.45) is 0.524. The molecule has 0 saturated carbocycles. The average molecular weight is 336 g/mol. The van der Waals surface area contributed by atoms with E-state index < -0.39 is 6.10 Å². The summed E-state index contributed by atoms with van der Waals surface area (Å²) in [7, 11) is 1.63. The Kier molecular flexibility index (Phi) is 6.13. The maximum atomic E-state index is 10.2. The number of β-amino-alcohol motifs (C(OH)–C–C–N with tert-alkyl or cyclic N) is 1. The number of anilines is 1. The van der Waals surface area contributed by atoms with E-state index in [1.54, 1.807) is 7.11 Å². The van der Waals surface area contributed by atoms with E-state index in [0.717, 1.165) is 24.5 Å². The topological polar surface area (TPSA) is 41.9 Å². The van der Waals surface area contributed by atoms with Crippen molar-refractivity contribution in [1.29, 1.82) is 0 Å². The van der Waals surface area contributed by atoms with Crippen LogP contribution in [0.1, 0.15) is 5.56 Å². The first-order valence-corrected chi connectivity index (χ1v) is 7.54. The van der Waals surface area contributed by atoms with E-state index in [9.17, 15) is 5.11 Å². The summed E-state index contributed by atoms with van der Waals surface area (Å²) in [4.78, 5) is 2.22. The number of benzene rings is 2. The van der Waals surface area contributed by atoms with Crippen molar-refractivity contribution in [2.75, 3.05) is 31.7 Å². The van der Waals surface area contributed by atoms with Crippen molar-refractivity contribution in [3.05, 3.63) is 54.1 Å². The molecule has 0 bridgehead atoms. The van der Waals surface area contributed by atoms with Crippen LogP contribution in [0.3, 0.4) is 0 Å². The molecule has 124 valence electrons. The van der Waals surface area contributed by atoms with Crippen LogP contribution in [-0.2, 0) is 6.42 Å². The van der Waals surface area contributed by atoms with Gasteiger partial charge in [-0.15, -0.1) is 12.4 Å². The second-order valence-electron chi connectivity index (χ2n) is 5.47. The van der Waals surface area contributed by atoms with Gasteiger partial charge in [0.1, 0.15) is 24.2 Å². The van der Waals surface area contributed by atoms with E-state index in [1.807, 2.05) is 30.3 Å². The maximum Gasteiger partial charge on any atom is 0.119 e. The van der Waals surface area contributed by atoms with Gasteiger partial charge in [0.15, 0.2) is 0 Å².